The van der Waals surface area contributed by atoms with E-state index >= 15 is 0 Å². The lowest BCUT2D eigenvalue weighted by Gasteiger charge is -2.30. The maximum absolute atomic E-state index is 12.9. The Morgan fingerprint density at radius 2 is 1.75 bits per heavy atom. The van der Waals surface area contributed by atoms with Gasteiger partial charge < -0.3 is 14.4 Å². The van der Waals surface area contributed by atoms with Crippen molar-refractivity contribution in [2.75, 3.05) is 33.4 Å². The fraction of sp³-hybridized carbons (Fsp3) is 0.579. The molecule has 24 heavy (non-hydrogen) atoms. The predicted molar refractivity (Wildman–Crippen MR) is 92.2 cm³/mol. The van der Waals surface area contributed by atoms with Gasteiger partial charge in [-0.1, -0.05) is 32.9 Å². The average molecular weight is 333 g/mol. The Morgan fingerprint density at radius 3 is 2.25 bits per heavy atom. The van der Waals surface area contributed by atoms with Crippen LogP contribution in [0.3, 0.4) is 0 Å². The second-order valence-corrected chi connectivity index (χ2v) is 7.14. The zero-order chi connectivity index (χ0) is 17.7. The number of benzene rings is 1. The molecular formula is C19H27NO4. The Morgan fingerprint density at radius 1 is 1.17 bits per heavy atom. The molecule has 0 saturated carbocycles. The van der Waals surface area contributed by atoms with E-state index in [4.69, 9.17) is 9.47 Å². The van der Waals surface area contributed by atoms with Crippen LogP contribution < -0.4 is 4.74 Å². The summed E-state index contributed by atoms with van der Waals surface area (Å²) in [5, 5.41) is 0. The Bertz CT molecular complexity index is 568. The number of ether oxygens (including phenoxy) is 2. The Hall–Kier alpha value is -1.88. The minimum Gasteiger partial charge on any atom is -0.497 e. The number of ketones is 1. The van der Waals surface area contributed by atoms with Gasteiger partial charge in [0, 0.05) is 24.9 Å². The smallest absolute Gasteiger partial charge is 0.223 e. The van der Waals surface area contributed by atoms with Crippen LogP contribution >= 0.6 is 0 Å². The van der Waals surface area contributed by atoms with Gasteiger partial charge in [-0.3, -0.25) is 9.59 Å². The molecule has 1 unspecified atom stereocenters. The van der Waals surface area contributed by atoms with Gasteiger partial charge in [-0.05, 0) is 17.7 Å². The summed E-state index contributed by atoms with van der Waals surface area (Å²) < 4.78 is 10.5. The van der Waals surface area contributed by atoms with Crippen LogP contribution in [0.4, 0.5) is 0 Å². The van der Waals surface area contributed by atoms with E-state index in [9.17, 15) is 9.59 Å². The molecule has 1 aliphatic heterocycles. The van der Waals surface area contributed by atoms with E-state index in [1.165, 1.54) is 0 Å². The van der Waals surface area contributed by atoms with Crippen molar-refractivity contribution in [1.82, 2.24) is 4.90 Å². The monoisotopic (exact) mass is 333 g/mol. The highest BCUT2D eigenvalue weighted by molar-refractivity contribution is 5.94. The maximum Gasteiger partial charge on any atom is 0.223 e. The van der Waals surface area contributed by atoms with E-state index in [-0.39, 0.29) is 18.1 Å². The number of Topliss-reactive ketones (excluding diaryl/α,β-unsaturated/α-hetero) is 1. The molecule has 1 atom stereocenters. The zero-order valence-electron chi connectivity index (χ0n) is 15.0. The topological polar surface area (TPSA) is 55.8 Å². The second kappa shape index (κ2) is 7.79. The van der Waals surface area contributed by atoms with Gasteiger partial charge in [0.05, 0.1) is 26.2 Å². The third kappa shape index (κ3) is 4.57. The average Bonchev–Trinajstić information content (AvgIpc) is 2.59. The first-order valence-electron chi connectivity index (χ1n) is 8.36. The third-order valence-corrected chi connectivity index (χ3v) is 4.32. The van der Waals surface area contributed by atoms with Crippen LogP contribution in [0.15, 0.2) is 24.3 Å². The molecule has 0 spiro atoms. The SMILES string of the molecule is COc1ccc(C(CC(=O)N2CCOCC2)C(=O)C(C)(C)C)cc1. The highest BCUT2D eigenvalue weighted by Crippen LogP contribution is 2.31. The number of carbonyl (C=O) groups is 2. The van der Waals surface area contributed by atoms with Crippen LogP contribution in [0, 0.1) is 5.41 Å². The minimum atomic E-state index is -0.504. The highest BCUT2D eigenvalue weighted by Gasteiger charge is 2.33. The lowest BCUT2D eigenvalue weighted by molar-refractivity contribution is -0.139. The van der Waals surface area contributed by atoms with E-state index in [1.54, 1.807) is 12.0 Å². The van der Waals surface area contributed by atoms with Crippen molar-refractivity contribution in [2.45, 2.75) is 33.1 Å². The molecule has 0 aromatic heterocycles. The number of amides is 1. The highest BCUT2D eigenvalue weighted by atomic mass is 16.5. The van der Waals surface area contributed by atoms with E-state index in [2.05, 4.69) is 0 Å². The van der Waals surface area contributed by atoms with Gasteiger partial charge >= 0.3 is 0 Å². The van der Waals surface area contributed by atoms with Crippen molar-refractivity contribution in [3.8, 4) is 5.75 Å². The van der Waals surface area contributed by atoms with E-state index < -0.39 is 11.3 Å². The van der Waals surface area contributed by atoms with Crippen molar-refractivity contribution in [3.05, 3.63) is 29.8 Å². The number of rotatable bonds is 5. The van der Waals surface area contributed by atoms with Crippen LogP contribution in [0.5, 0.6) is 5.75 Å². The van der Waals surface area contributed by atoms with Gasteiger partial charge in [-0.2, -0.15) is 0 Å². The molecular weight excluding hydrogens is 306 g/mol. The first-order valence-corrected chi connectivity index (χ1v) is 8.36. The summed E-state index contributed by atoms with van der Waals surface area (Å²) >= 11 is 0. The molecule has 1 aliphatic rings. The molecule has 0 N–H and O–H groups in total. The van der Waals surface area contributed by atoms with Gasteiger partial charge in [-0.15, -0.1) is 0 Å². The lowest BCUT2D eigenvalue weighted by Crippen LogP contribution is -2.42. The summed E-state index contributed by atoms with van der Waals surface area (Å²) in [6.07, 6.45) is 0.197. The standard InChI is InChI=1S/C19H27NO4/c1-19(2,3)18(22)16(14-5-7-15(23-4)8-6-14)13-17(21)20-9-11-24-12-10-20/h5-8,16H,9-13H2,1-4H3. The number of hydrogen-bond donors (Lipinski definition) is 0. The molecule has 1 fully saturated rings. The van der Waals surface area contributed by atoms with Crippen LogP contribution in [0.25, 0.3) is 0 Å². The van der Waals surface area contributed by atoms with Crippen LogP contribution in [-0.2, 0) is 14.3 Å². The van der Waals surface area contributed by atoms with E-state index in [1.807, 2.05) is 45.0 Å². The second-order valence-electron chi connectivity index (χ2n) is 7.14. The number of hydrogen-bond acceptors (Lipinski definition) is 4. The lowest BCUT2D eigenvalue weighted by atomic mass is 9.78. The molecule has 1 amide bonds. The van der Waals surface area contributed by atoms with Crippen molar-refractivity contribution in [2.24, 2.45) is 5.41 Å². The first-order chi connectivity index (χ1) is 11.3. The molecule has 1 heterocycles. The van der Waals surface area contributed by atoms with Crippen molar-refractivity contribution >= 4 is 11.7 Å². The molecule has 0 radical (unpaired) electrons. The van der Waals surface area contributed by atoms with E-state index in [0.717, 1.165) is 11.3 Å². The number of morpholine rings is 1. The molecule has 5 heteroatoms. The first kappa shape index (κ1) is 18.5. The van der Waals surface area contributed by atoms with Gasteiger partial charge in [0.25, 0.3) is 0 Å². The molecule has 1 aromatic rings. The summed E-state index contributed by atoms with van der Waals surface area (Å²) in [6.45, 7) is 8.00. The summed E-state index contributed by atoms with van der Waals surface area (Å²) in [4.78, 5) is 27.3. The van der Waals surface area contributed by atoms with Crippen LogP contribution in [-0.4, -0.2) is 50.0 Å². The Labute approximate surface area is 143 Å². The molecule has 2 rings (SSSR count). The number of methoxy groups -OCH3 is 1. The number of nitrogens with zero attached hydrogens (tertiary/aromatic N) is 1. The van der Waals surface area contributed by atoms with Crippen LogP contribution in [0.1, 0.15) is 38.7 Å². The minimum absolute atomic E-state index is 0.0109. The van der Waals surface area contributed by atoms with Gasteiger partial charge in [-0.25, -0.2) is 0 Å². The number of carbonyl (C=O) groups excluding carboxylic acids is 2. The van der Waals surface area contributed by atoms with Gasteiger partial charge in [0.15, 0.2) is 0 Å². The summed E-state index contributed by atoms with van der Waals surface area (Å²) in [5.41, 5.74) is 0.355. The predicted octanol–water partition coefficient (Wildman–Crippen LogP) is 2.64. The quantitative estimate of drug-likeness (QED) is 0.831. The summed E-state index contributed by atoms with van der Waals surface area (Å²) in [5.74, 6) is 0.387. The fourth-order valence-electron chi connectivity index (χ4n) is 2.84. The zero-order valence-corrected chi connectivity index (χ0v) is 15.0. The molecule has 1 aromatic carbocycles. The van der Waals surface area contributed by atoms with Crippen molar-refractivity contribution in [3.63, 3.8) is 0 Å². The van der Waals surface area contributed by atoms with Crippen LogP contribution in [0.2, 0.25) is 0 Å². The Kier molecular flexibility index (Phi) is 5.99. The normalized spacial score (nSPS) is 16.6. The molecule has 0 aliphatic carbocycles. The third-order valence-electron chi connectivity index (χ3n) is 4.32. The van der Waals surface area contributed by atoms with Gasteiger partial charge in [0.1, 0.15) is 11.5 Å². The fourth-order valence-corrected chi connectivity index (χ4v) is 2.84. The summed E-state index contributed by atoms with van der Waals surface area (Å²) in [6, 6.07) is 7.41. The van der Waals surface area contributed by atoms with Crippen molar-refractivity contribution in [1.29, 1.82) is 0 Å². The molecule has 132 valence electrons. The summed E-state index contributed by atoms with van der Waals surface area (Å²) in [7, 11) is 1.61. The largest absolute Gasteiger partial charge is 0.497 e. The molecule has 5 nitrogen and oxygen atoms in total. The van der Waals surface area contributed by atoms with E-state index in [0.29, 0.717) is 26.3 Å². The van der Waals surface area contributed by atoms with Crippen molar-refractivity contribution < 1.29 is 19.1 Å². The molecule has 1 saturated heterocycles. The molecule has 0 bridgehead atoms. The maximum atomic E-state index is 12.9. The van der Waals surface area contributed by atoms with Gasteiger partial charge in [0.2, 0.25) is 5.91 Å². The Balaban J connectivity index is 2.21.